The van der Waals surface area contributed by atoms with E-state index in [0.29, 0.717) is 23.1 Å². The largest absolute Gasteiger partial charge is 0.444 e. The van der Waals surface area contributed by atoms with Gasteiger partial charge in [-0.2, -0.15) is 0 Å². The fraction of sp³-hybridized carbons (Fsp3) is 0. The quantitative estimate of drug-likeness (QED) is 0.582. The summed E-state index contributed by atoms with van der Waals surface area (Å²) >= 11 is 0. The number of benzene rings is 2. The van der Waals surface area contributed by atoms with Gasteiger partial charge in [-0.3, -0.25) is 14.9 Å². The van der Waals surface area contributed by atoms with E-state index < -0.39 is 22.3 Å². The van der Waals surface area contributed by atoms with E-state index in [9.17, 15) is 19.3 Å². The van der Waals surface area contributed by atoms with Crippen LogP contribution in [0.3, 0.4) is 0 Å². The van der Waals surface area contributed by atoms with Crippen LogP contribution in [0.5, 0.6) is 0 Å². The number of carbonyl (C=O) groups excluding carboxylic acids is 1. The Labute approximate surface area is 134 Å². The molecule has 1 aromatic heterocycles. The molecule has 0 spiro atoms. The number of carbonyl (C=O) groups is 1. The van der Waals surface area contributed by atoms with Crippen LogP contribution in [-0.2, 0) is 0 Å². The van der Waals surface area contributed by atoms with Crippen molar-refractivity contribution in [3.63, 3.8) is 0 Å². The Morgan fingerprint density at radius 1 is 1.25 bits per heavy atom. The van der Waals surface area contributed by atoms with E-state index in [-0.39, 0.29) is 5.56 Å². The molecule has 0 aliphatic heterocycles. The number of hydrogen-bond acceptors (Lipinski definition) is 5. The van der Waals surface area contributed by atoms with E-state index in [1.54, 1.807) is 24.3 Å². The fourth-order valence-corrected chi connectivity index (χ4v) is 2.15. The molecule has 0 unspecified atom stereocenters. The second kappa shape index (κ2) is 6.29. The molecule has 3 rings (SSSR count). The molecule has 0 saturated heterocycles. The van der Waals surface area contributed by atoms with Gasteiger partial charge in [0, 0.05) is 11.3 Å². The van der Waals surface area contributed by atoms with Crippen molar-refractivity contribution in [1.82, 2.24) is 4.98 Å². The molecule has 7 nitrogen and oxygen atoms in total. The van der Waals surface area contributed by atoms with Gasteiger partial charge in [-0.25, -0.2) is 9.37 Å². The lowest BCUT2D eigenvalue weighted by molar-refractivity contribution is -0.385. The molecular formula is C16H10FN3O4. The number of anilines is 1. The van der Waals surface area contributed by atoms with Crippen LogP contribution < -0.4 is 5.32 Å². The predicted octanol–water partition coefficient (Wildman–Crippen LogP) is 3.64. The first-order valence-electron chi connectivity index (χ1n) is 6.79. The smallest absolute Gasteiger partial charge is 0.285 e. The second-order valence-electron chi connectivity index (χ2n) is 4.82. The first-order valence-corrected chi connectivity index (χ1v) is 6.79. The number of hydrogen-bond donors (Lipinski definition) is 1. The summed E-state index contributed by atoms with van der Waals surface area (Å²) in [6.45, 7) is 0. The first-order chi connectivity index (χ1) is 11.5. The Kier molecular flexibility index (Phi) is 4.02. The summed E-state index contributed by atoms with van der Waals surface area (Å²) < 4.78 is 18.3. The van der Waals surface area contributed by atoms with Crippen LogP contribution in [0.1, 0.15) is 10.4 Å². The molecule has 1 heterocycles. The molecule has 0 atom stereocenters. The molecule has 0 saturated carbocycles. The summed E-state index contributed by atoms with van der Waals surface area (Å²) in [6, 6.07) is 9.47. The number of aromatic nitrogens is 1. The van der Waals surface area contributed by atoms with Gasteiger partial charge in [-0.15, -0.1) is 0 Å². The van der Waals surface area contributed by atoms with Crippen molar-refractivity contribution in [3.05, 3.63) is 76.6 Å². The average molecular weight is 327 g/mol. The van der Waals surface area contributed by atoms with Gasteiger partial charge in [0.1, 0.15) is 11.4 Å². The second-order valence-corrected chi connectivity index (χ2v) is 4.82. The number of nitrogens with one attached hydrogen (secondary N) is 1. The molecule has 8 heteroatoms. The minimum atomic E-state index is -0.803. The molecule has 0 bridgehead atoms. The van der Waals surface area contributed by atoms with Crippen LogP contribution in [0.25, 0.3) is 11.3 Å². The van der Waals surface area contributed by atoms with Gasteiger partial charge in [-0.05, 0) is 24.3 Å². The minimum absolute atomic E-state index is 0.230. The van der Waals surface area contributed by atoms with E-state index in [2.05, 4.69) is 10.3 Å². The lowest BCUT2D eigenvalue weighted by Gasteiger charge is -2.07. The predicted molar refractivity (Wildman–Crippen MR) is 82.9 cm³/mol. The van der Waals surface area contributed by atoms with E-state index in [1.807, 2.05) is 0 Å². The number of amides is 1. The average Bonchev–Trinajstić information content (AvgIpc) is 3.09. The van der Waals surface area contributed by atoms with Crippen LogP contribution >= 0.6 is 0 Å². The van der Waals surface area contributed by atoms with Gasteiger partial charge in [0.25, 0.3) is 11.6 Å². The van der Waals surface area contributed by atoms with Crippen molar-refractivity contribution in [2.45, 2.75) is 0 Å². The third-order valence-corrected chi connectivity index (χ3v) is 3.24. The van der Waals surface area contributed by atoms with Crippen LogP contribution in [0.15, 0.2) is 59.5 Å². The number of halogens is 1. The summed E-state index contributed by atoms with van der Waals surface area (Å²) in [5.74, 6) is -0.985. The number of nitro groups is 1. The normalized spacial score (nSPS) is 10.4. The molecule has 0 aliphatic carbocycles. The summed E-state index contributed by atoms with van der Waals surface area (Å²) in [5.41, 5.74) is 0.261. The zero-order valence-electron chi connectivity index (χ0n) is 12.1. The van der Waals surface area contributed by atoms with Crippen LogP contribution in [0.2, 0.25) is 0 Å². The summed E-state index contributed by atoms with van der Waals surface area (Å²) in [6.07, 6.45) is 2.80. The number of oxazole rings is 1. The molecule has 0 aliphatic rings. The van der Waals surface area contributed by atoms with E-state index >= 15 is 0 Å². The van der Waals surface area contributed by atoms with Gasteiger partial charge in [0.15, 0.2) is 12.2 Å². The third kappa shape index (κ3) is 3.12. The monoisotopic (exact) mass is 327 g/mol. The summed E-state index contributed by atoms with van der Waals surface area (Å²) in [5, 5.41) is 13.5. The Bertz CT molecular complexity index is 909. The topological polar surface area (TPSA) is 98.3 Å². The molecule has 0 radical (unpaired) electrons. The van der Waals surface area contributed by atoms with Crippen molar-refractivity contribution in [2.24, 2.45) is 0 Å². The molecular weight excluding hydrogens is 317 g/mol. The van der Waals surface area contributed by atoms with Gasteiger partial charge >= 0.3 is 0 Å². The highest BCUT2D eigenvalue weighted by atomic mass is 19.1. The molecule has 1 N–H and O–H groups in total. The number of rotatable bonds is 4. The standard InChI is InChI=1S/C16H10FN3O4/c17-11-4-5-13(14(7-11)20(22)23)16(21)19-12-3-1-2-10(6-12)15-8-18-9-24-15/h1-9H,(H,19,21). The SMILES string of the molecule is O=C(Nc1cccc(-c2cnco2)c1)c1ccc(F)cc1[N+](=O)[O-]. The van der Waals surface area contributed by atoms with Gasteiger partial charge in [0.05, 0.1) is 17.2 Å². The van der Waals surface area contributed by atoms with Crippen molar-refractivity contribution < 1.29 is 18.5 Å². The van der Waals surface area contributed by atoms with Crippen LogP contribution in [0, 0.1) is 15.9 Å². The zero-order valence-corrected chi connectivity index (χ0v) is 12.1. The third-order valence-electron chi connectivity index (χ3n) is 3.24. The van der Waals surface area contributed by atoms with Crippen molar-refractivity contribution in [2.75, 3.05) is 5.32 Å². The Hall–Kier alpha value is -3.55. The first kappa shape index (κ1) is 15.3. The Balaban J connectivity index is 1.88. The van der Waals surface area contributed by atoms with E-state index in [0.717, 1.165) is 12.1 Å². The van der Waals surface area contributed by atoms with Gasteiger partial charge in [-0.1, -0.05) is 12.1 Å². The molecule has 24 heavy (non-hydrogen) atoms. The van der Waals surface area contributed by atoms with Crippen LogP contribution in [-0.4, -0.2) is 15.8 Å². The summed E-state index contributed by atoms with van der Waals surface area (Å²) in [7, 11) is 0. The lowest BCUT2D eigenvalue weighted by Crippen LogP contribution is -2.14. The highest BCUT2D eigenvalue weighted by Gasteiger charge is 2.21. The van der Waals surface area contributed by atoms with E-state index in [1.165, 1.54) is 12.6 Å². The lowest BCUT2D eigenvalue weighted by atomic mass is 10.1. The maximum absolute atomic E-state index is 13.2. The molecule has 3 aromatic rings. The Morgan fingerprint density at radius 3 is 2.79 bits per heavy atom. The summed E-state index contributed by atoms with van der Waals surface area (Å²) in [4.78, 5) is 26.3. The number of nitro benzene ring substituents is 1. The van der Waals surface area contributed by atoms with Gasteiger partial charge < -0.3 is 9.73 Å². The highest BCUT2D eigenvalue weighted by Crippen LogP contribution is 2.24. The Morgan fingerprint density at radius 2 is 2.08 bits per heavy atom. The zero-order chi connectivity index (χ0) is 17.1. The molecule has 0 fully saturated rings. The van der Waals surface area contributed by atoms with Crippen molar-refractivity contribution in [3.8, 4) is 11.3 Å². The van der Waals surface area contributed by atoms with Gasteiger partial charge in [0.2, 0.25) is 0 Å². The molecule has 1 amide bonds. The molecule has 120 valence electrons. The fourth-order valence-electron chi connectivity index (χ4n) is 2.15. The molecule has 2 aromatic carbocycles. The van der Waals surface area contributed by atoms with Crippen molar-refractivity contribution >= 4 is 17.3 Å². The number of nitrogens with zero attached hydrogens (tertiary/aromatic N) is 2. The minimum Gasteiger partial charge on any atom is -0.444 e. The van der Waals surface area contributed by atoms with E-state index in [4.69, 9.17) is 4.42 Å². The highest BCUT2D eigenvalue weighted by molar-refractivity contribution is 6.07. The van der Waals surface area contributed by atoms with Crippen molar-refractivity contribution in [1.29, 1.82) is 0 Å². The maximum atomic E-state index is 13.2. The van der Waals surface area contributed by atoms with Crippen LogP contribution in [0.4, 0.5) is 15.8 Å². The maximum Gasteiger partial charge on any atom is 0.285 e.